The van der Waals surface area contributed by atoms with Gasteiger partial charge < -0.3 is 20.7 Å². The second kappa shape index (κ2) is 4.80. The maximum Gasteiger partial charge on any atom is 0.328 e. The van der Waals surface area contributed by atoms with Crippen molar-refractivity contribution in [1.82, 2.24) is 14.8 Å². The first-order valence-corrected chi connectivity index (χ1v) is 6.53. The Bertz CT molecular complexity index is 708. The van der Waals surface area contributed by atoms with E-state index in [9.17, 15) is 13.9 Å². The summed E-state index contributed by atoms with van der Waals surface area (Å²) in [6, 6.07) is 0. The predicted molar refractivity (Wildman–Crippen MR) is 70.3 cm³/mol. The van der Waals surface area contributed by atoms with Crippen LogP contribution in [-0.2, 0) is 4.74 Å². The molecule has 4 N–H and O–H groups in total. The van der Waals surface area contributed by atoms with E-state index in [1.165, 1.54) is 7.05 Å². The molecule has 8 nitrogen and oxygen atoms in total. The molecule has 0 amide bonds. The monoisotopic (exact) mass is 315 g/mol. The molecule has 0 bridgehead atoms. The third kappa shape index (κ3) is 1.81. The molecule has 1 aliphatic carbocycles. The minimum Gasteiger partial charge on any atom is -0.396 e. The number of aromatic nitrogens is 3. The van der Waals surface area contributed by atoms with E-state index >= 15 is 0 Å². The number of aliphatic hydroxyl groups excluding tert-OH is 1. The molecule has 1 unspecified atom stereocenters. The van der Waals surface area contributed by atoms with E-state index in [0.29, 0.717) is 0 Å². The molecule has 2 heterocycles. The summed E-state index contributed by atoms with van der Waals surface area (Å²) in [6.45, 7) is 3.25. The lowest BCUT2D eigenvalue weighted by Crippen LogP contribution is -2.39. The number of nitrogens with two attached hydrogens (primary N) is 1. The summed E-state index contributed by atoms with van der Waals surface area (Å²) in [4.78, 5) is 7.14. The van der Waals surface area contributed by atoms with Gasteiger partial charge in [-0.1, -0.05) is 6.58 Å². The minimum absolute atomic E-state index is 0.00604. The van der Waals surface area contributed by atoms with E-state index in [0.717, 1.165) is 4.68 Å². The quantitative estimate of drug-likeness (QED) is 0.622. The third-order valence-electron chi connectivity index (χ3n) is 4.14. The normalized spacial score (nSPS) is 37.2. The number of fused-ring (bicyclic) bond motifs is 1. The molecule has 0 radical (unpaired) electrons. The molecule has 120 valence electrons. The van der Waals surface area contributed by atoms with Crippen LogP contribution in [0, 0.1) is 12.0 Å². The number of nitrogen functional groups attached to an aromatic ring is 1. The van der Waals surface area contributed by atoms with Crippen LogP contribution in [0.15, 0.2) is 11.6 Å². The van der Waals surface area contributed by atoms with Gasteiger partial charge in [-0.3, -0.25) is 4.99 Å². The van der Waals surface area contributed by atoms with Crippen molar-refractivity contribution < 1.29 is 23.7 Å². The van der Waals surface area contributed by atoms with Gasteiger partial charge in [0.2, 0.25) is 0 Å². The number of halogens is 2. The van der Waals surface area contributed by atoms with Crippen LogP contribution >= 0.6 is 0 Å². The summed E-state index contributed by atoms with van der Waals surface area (Å²) < 4.78 is 34.1. The maximum atomic E-state index is 14.5. The Morgan fingerprint density at radius 3 is 2.82 bits per heavy atom. The SMILES string of the molecule is C=C([C@@H]1O[C@@H]2C(CO)[C@@]2(O)[C@H]1F)n1nc(F)nc(N)/c1=N/C. The van der Waals surface area contributed by atoms with Crippen LogP contribution in [0.2, 0.25) is 0 Å². The van der Waals surface area contributed by atoms with Gasteiger partial charge in [-0.2, -0.15) is 9.37 Å². The number of aliphatic hydroxyl groups is 2. The maximum absolute atomic E-state index is 14.5. The molecule has 5 atom stereocenters. The van der Waals surface area contributed by atoms with Crippen molar-refractivity contribution in [3.8, 4) is 0 Å². The van der Waals surface area contributed by atoms with E-state index in [1.54, 1.807) is 0 Å². The number of rotatable bonds is 3. The summed E-state index contributed by atoms with van der Waals surface area (Å²) >= 11 is 0. The average molecular weight is 315 g/mol. The first-order valence-electron chi connectivity index (χ1n) is 6.53. The summed E-state index contributed by atoms with van der Waals surface area (Å²) in [5, 5.41) is 22.7. The average Bonchev–Trinajstić information content (AvgIpc) is 2.97. The van der Waals surface area contributed by atoms with Crippen molar-refractivity contribution >= 4 is 11.5 Å². The van der Waals surface area contributed by atoms with Crippen molar-refractivity contribution in [3.05, 3.63) is 18.1 Å². The zero-order chi connectivity index (χ0) is 16.2. The molecule has 0 aromatic carbocycles. The lowest BCUT2D eigenvalue weighted by atomic mass is 10.0. The molecule has 1 aromatic heterocycles. The highest BCUT2D eigenvalue weighted by atomic mass is 19.1. The summed E-state index contributed by atoms with van der Waals surface area (Å²) in [5.41, 5.74) is 3.71. The fourth-order valence-electron chi connectivity index (χ4n) is 2.90. The molecule has 1 aromatic rings. The zero-order valence-corrected chi connectivity index (χ0v) is 11.6. The zero-order valence-electron chi connectivity index (χ0n) is 11.6. The van der Waals surface area contributed by atoms with Gasteiger partial charge in [0.1, 0.15) is 11.7 Å². The van der Waals surface area contributed by atoms with Gasteiger partial charge in [0.05, 0.1) is 18.4 Å². The van der Waals surface area contributed by atoms with E-state index in [1.807, 2.05) is 0 Å². The smallest absolute Gasteiger partial charge is 0.328 e. The van der Waals surface area contributed by atoms with E-state index in [2.05, 4.69) is 21.7 Å². The molecule has 22 heavy (non-hydrogen) atoms. The molecule has 2 fully saturated rings. The van der Waals surface area contributed by atoms with E-state index in [-0.39, 0.29) is 17.0 Å². The Morgan fingerprint density at radius 1 is 1.64 bits per heavy atom. The molecule has 3 rings (SSSR count). The topological polar surface area (TPSA) is 119 Å². The molecule has 10 heteroatoms. The van der Waals surface area contributed by atoms with Crippen molar-refractivity contribution in [3.63, 3.8) is 0 Å². The largest absolute Gasteiger partial charge is 0.396 e. The number of hydrogen-bond donors (Lipinski definition) is 3. The minimum atomic E-state index is -1.83. The number of hydrogen-bond acceptors (Lipinski definition) is 7. The van der Waals surface area contributed by atoms with Crippen molar-refractivity contribution in [2.75, 3.05) is 19.4 Å². The van der Waals surface area contributed by atoms with Gasteiger partial charge in [-0.25, -0.2) is 9.07 Å². The van der Waals surface area contributed by atoms with Gasteiger partial charge in [-0.15, -0.1) is 5.10 Å². The molecule has 1 aliphatic heterocycles. The number of ether oxygens (including phenoxy) is 1. The number of nitrogens with zero attached hydrogens (tertiary/aromatic N) is 4. The highest BCUT2D eigenvalue weighted by molar-refractivity contribution is 5.51. The Kier molecular flexibility index (Phi) is 3.27. The highest BCUT2D eigenvalue weighted by Crippen LogP contribution is 2.57. The van der Waals surface area contributed by atoms with E-state index < -0.39 is 42.6 Å². The van der Waals surface area contributed by atoms with Gasteiger partial charge in [-0.05, 0) is 0 Å². The van der Waals surface area contributed by atoms with Gasteiger partial charge in [0.25, 0.3) is 0 Å². The standard InChI is InChI=1S/C12H15F2N5O3/c1-4(19-10(16-2)9(15)17-11(14)18-19)6-7(13)12(21)5(3-20)8(12)22-6/h5-8,20-21H,1,3H2,2H3,(H2,15,17,18)/b16-10-/t5?,6-,7-,8+,12+/m0/s1. The summed E-state index contributed by atoms with van der Waals surface area (Å²) in [5.74, 6) is -0.916. The van der Waals surface area contributed by atoms with E-state index in [4.69, 9.17) is 15.6 Å². The molecule has 2 aliphatic rings. The van der Waals surface area contributed by atoms with Crippen LogP contribution < -0.4 is 11.2 Å². The fourth-order valence-corrected chi connectivity index (χ4v) is 2.90. The molecule has 1 saturated carbocycles. The third-order valence-corrected chi connectivity index (χ3v) is 4.14. The fraction of sp³-hybridized carbons (Fsp3) is 0.583. The van der Waals surface area contributed by atoms with Crippen LogP contribution in [0.5, 0.6) is 0 Å². The van der Waals surface area contributed by atoms with Crippen LogP contribution in [0.25, 0.3) is 5.70 Å². The second-order valence-corrected chi connectivity index (χ2v) is 5.27. The first kappa shape index (κ1) is 15.0. The van der Waals surface area contributed by atoms with Crippen LogP contribution in [-0.4, -0.2) is 62.6 Å². The molecular weight excluding hydrogens is 300 g/mol. The Hall–Kier alpha value is -1.91. The summed E-state index contributed by atoms with van der Waals surface area (Å²) in [6.07, 6.45) is -5.05. The number of alkyl halides is 1. The molecule has 1 saturated heterocycles. The molecule has 0 spiro atoms. The van der Waals surface area contributed by atoms with Gasteiger partial charge in [0.15, 0.2) is 17.5 Å². The Labute approximate surface area is 123 Å². The van der Waals surface area contributed by atoms with Crippen LogP contribution in [0.3, 0.4) is 0 Å². The Balaban J connectivity index is 1.95. The van der Waals surface area contributed by atoms with Crippen molar-refractivity contribution in [1.29, 1.82) is 0 Å². The summed E-state index contributed by atoms with van der Waals surface area (Å²) in [7, 11) is 1.38. The predicted octanol–water partition coefficient (Wildman–Crippen LogP) is -1.54. The highest BCUT2D eigenvalue weighted by Gasteiger charge is 2.77. The van der Waals surface area contributed by atoms with Gasteiger partial charge in [0, 0.05) is 13.0 Å². The Morgan fingerprint density at radius 2 is 2.32 bits per heavy atom. The van der Waals surface area contributed by atoms with Crippen molar-refractivity contribution in [2.45, 2.75) is 24.0 Å². The lowest BCUT2D eigenvalue weighted by molar-refractivity contribution is 0.0131. The lowest BCUT2D eigenvalue weighted by Gasteiger charge is -2.22. The molecular formula is C12H15F2N5O3. The van der Waals surface area contributed by atoms with Crippen molar-refractivity contribution in [2.24, 2.45) is 10.9 Å². The number of anilines is 1. The van der Waals surface area contributed by atoms with Gasteiger partial charge >= 0.3 is 6.08 Å². The second-order valence-electron chi connectivity index (χ2n) is 5.27. The first-order chi connectivity index (χ1) is 10.4. The van der Waals surface area contributed by atoms with Crippen LogP contribution in [0.1, 0.15) is 0 Å². The van der Waals surface area contributed by atoms with Crippen LogP contribution in [0.4, 0.5) is 14.6 Å².